The van der Waals surface area contributed by atoms with Gasteiger partial charge in [-0.1, -0.05) is 0 Å². The molecule has 0 atom stereocenters. The van der Waals surface area contributed by atoms with Gasteiger partial charge in [-0.15, -0.1) is 0 Å². The average Bonchev–Trinajstić information content (AvgIpc) is 2.84. The Morgan fingerprint density at radius 3 is 2.32 bits per heavy atom. The third kappa shape index (κ3) is 3.28. The summed E-state index contributed by atoms with van der Waals surface area (Å²) in [7, 11) is -3.95. The summed E-state index contributed by atoms with van der Waals surface area (Å²) in [6, 6.07) is 5.82. The first-order chi connectivity index (χ1) is 10.1. The van der Waals surface area contributed by atoms with Gasteiger partial charge in [0.05, 0.1) is 4.90 Å². The Labute approximate surface area is 129 Å². The third-order valence-electron chi connectivity index (χ3n) is 3.46. The molecule has 1 aromatic carbocycles. The summed E-state index contributed by atoms with van der Waals surface area (Å²) in [6.45, 7) is 3.16. The van der Waals surface area contributed by atoms with Gasteiger partial charge in [0, 0.05) is 18.7 Å². The van der Waals surface area contributed by atoms with E-state index in [2.05, 4.69) is 4.72 Å². The second kappa shape index (κ2) is 5.69. The van der Waals surface area contributed by atoms with E-state index < -0.39 is 21.5 Å². The van der Waals surface area contributed by atoms with Crippen molar-refractivity contribution >= 4 is 27.6 Å². The van der Waals surface area contributed by atoms with Gasteiger partial charge in [-0.2, -0.15) is 4.72 Å². The highest BCUT2D eigenvalue weighted by molar-refractivity contribution is 7.89. The number of hydrogen-bond acceptors (Lipinski definition) is 4. The van der Waals surface area contributed by atoms with Gasteiger partial charge in [0.1, 0.15) is 5.54 Å². The Kier molecular flexibility index (Phi) is 4.25. The van der Waals surface area contributed by atoms with E-state index in [4.69, 9.17) is 5.11 Å². The van der Waals surface area contributed by atoms with E-state index in [0.29, 0.717) is 18.7 Å². The Balaban J connectivity index is 2.22. The molecule has 1 heterocycles. The molecule has 1 aliphatic rings. The second-order valence-corrected chi connectivity index (χ2v) is 7.36. The minimum Gasteiger partial charge on any atom is -0.480 e. The van der Waals surface area contributed by atoms with Crippen LogP contribution in [0.4, 0.5) is 5.69 Å². The minimum absolute atomic E-state index is 0.0146. The van der Waals surface area contributed by atoms with Crippen molar-refractivity contribution in [3.05, 3.63) is 24.3 Å². The predicted octanol–water partition coefficient (Wildman–Crippen LogP) is 0.955. The highest BCUT2D eigenvalue weighted by Gasteiger charge is 2.33. The van der Waals surface area contributed by atoms with E-state index in [1.54, 1.807) is 17.0 Å². The molecule has 0 spiro atoms. The number of sulfonamides is 1. The molecule has 2 rings (SSSR count). The van der Waals surface area contributed by atoms with Crippen molar-refractivity contribution in [1.82, 2.24) is 4.72 Å². The summed E-state index contributed by atoms with van der Waals surface area (Å²) >= 11 is 0. The number of anilines is 1. The third-order valence-corrected chi connectivity index (χ3v) is 5.13. The zero-order chi connectivity index (χ0) is 16.5. The van der Waals surface area contributed by atoms with Crippen LogP contribution < -0.4 is 9.62 Å². The largest absolute Gasteiger partial charge is 0.480 e. The first-order valence-corrected chi connectivity index (χ1v) is 8.29. The van der Waals surface area contributed by atoms with Crippen LogP contribution in [-0.4, -0.2) is 37.5 Å². The molecule has 0 bridgehead atoms. The molecule has 0 unspecified atom stereocenters. The maximum absolute atomic E-state index is 12.2. The molecule has 0 aliphatic carbocycles. The van der Waals surface area contributed by atoms with Crippen molar-refractivity contribution in [1.29, 1.82) is 0 Å². The molecule has 8 heteroatoms. The van der Waals surface area contributed by atoms with Gasteiger partial charge < -0.3 is 10.0 Å². The van der Waals surface area contributed by atoms with Crippen LogP contribution >= 0.6 is 0 Å². The van der Waals surface area contributed by atoms with E-state index in [1.807, 2.05) is 0 Å². The lowest BCUT2D eigenvalue weighted by molar-refractivity contribution is -0.142. The topological polar surface area (TPSA) is 104 Å². The number of carboxylic acid groups (broad SMARTS) is 1. The summed E-state index contributed by atoms with van der Waals surface area (Å²) < 4.78 is 26.5. The van der Waals surface area contributed by atoms with Crippen LogP contribution in [0, 0.1) is 0 Å². The number of carboxylic acids is 1. The van der Waals surface area contributed by atoms with Crippen LogP contribution in [0.3, 0.4) is 0 Å². The second-order valence-electron chi connectivity index (χ2n) is 5.68. The quantitative estimate of drug-likeness (QED) is 0.838. The zero-order valence-electron chi connectivity index (χ0n) is 12.4. The Hall–Kier alpha value is -1.93. The van der Waals surface area contributed by atoms with E-state index in [0.717, 1.165) is 6.42 Å². The fourth-order valence-electron chi connectivity index (χ4n) is 2.16. The lowest BCUT2D eigenvalue weighted by Gasteiger charge is -2.21. The van der Waals surface area contributed by atoms with E-state index in [9.17, 15) is 18.0 Å². The SMILES string of the molecule is CC(C)(NS(=O)(=O)c1ccc(N2CCCC2=O)cc1)C(=O)O. The molecule has 1 aliphatic heterocycles. The maximum atomic E-state index is 12.2. The standard InChI is InChI=1S/C14H18N2O5S/c1-14(2,13(18)19)15-22(20,21)11-7-5-10(6-8-11)16-9-3-4-12(16)17/h5-8,15H,3-4,9H2,1-2H3,(H,18,19). The number of nitrogens with one attached hydrogen (secondary N) is 1. The number of carbonyl (C=O) groups excluding carboxylic acids is 1. The molecule has 1 fully saturated rings. The van der Waals surface area contributed by atoms with Crippen molar-refractivity contribution in [2.24, 2.45) is 0 Å². The molecule has 2 N–H and O–H groups in total. The lowest BCUT2D eigenvalue weighted by atomic mass is 10.1. The van der Waals surface area contributed by atoms with Gasteiger partial charge in [-0.05, 0) is 44.5 Å². The molecule has 1 saturated heterocycles. The molecule has 0 radical (unpaired) electrons. The van der Waals surface area contributed by atoms with Crippen molar-refractivity contribution in [3.63, 3.8) is 0 Å². The summed E-state index contributed by atoms with van der Waals surface area (Å²) in [5.41, 5.74) is -0.971. The molecule has 1 aromatic rings. The van der Waals surface area contributed by atoms with Crippen LogP contribution in [0.25, 0.3) is 0 Å². The summed E-state index contributed by atoms with van der Waals surface area (Å²) in [4.78, 5) is 24.2. The van der Waals surface area contributed by atoms with Crippen LogP contribution in [0.1, 0.15) is 26.7 Å². The maximum Gasteiger partial charge on any atom is 0.324 e. The van der Waals surface area contributed by atoms with Gasteiger partial charge in [-0.25, -0.2) is 8.42 Å². The van der Waals surface area contributed by atoms with Crippen LogP contribution in [0.5, 0.6) is 0 Å². The minimum atomic E-state index is -3.95. The van der Waals surface area contributed by atoms with Gasteiger partial charge in [0.15, 0.2) is 0 Å². The first-order valence-electron chi connectivity index (χ1n) is 6.81. The zero-order valence-corrected chi connectivity index (χ0v) is 13.2. The summed E-state index contributed by atoms with van der Waals surface area (Å²) in [6.07, 6.45) is 1.28. The van der Waals surface area contributed by atoms with E-state index in [-0.39, 0.29) is 10.8 Å². The molecule has 120 valence electrons. The van der Waals surface area contributed by atoms with Gasteiger partial charge in [0.25, 0.3) is 0 Å². The predicted molar refractivity (Wildman–Crippen MR) is 80.1 cm³/mol. The normalized spacial score (nSPS) is 16.1. The highest BCUT2D eigenvalue weighted by atomic mass is 32.2. The number of hydrogen-bond donors (Lipinski definition) is 2. The van der Waals surface area contributed by atoms with Crippen molar-refractivity contribution in [3.8, 4) is 0 Å². The van der Waals surface area contributed by atoms with Gasteiger partial charge in [0.2, 0.25) is 15.9 Å². The molecular weight excluding hydrogens is 308 g/mol. The number of carbonyl (C=O) groups is 2. The monoisotopic (exact) mass is 326 g/mol. The Morgan fingerprint density at radius 2 is 1.86 bits per heavy atom. The number of rotatable bonds is 5. The number of amides is 1. The summed E-state index contributed by atoms with van der Waals surface area (Å²) in [5.74, 6) is -1.25. The van der Waals surface area contributed by atoms with Crippen LogP contribution in [0.15, 0.2) is 29.2 Å². The number of aliphatic carboxylic acids is 1. The van der Waals surface area contributed by atoms with Crippen molar-refractivity contribution < 1.29 is 23.1 Å². The molecule has 22 heavy (non-hydrogen) atoms. The average molecular weight is 326 g/mol. The molecule has 1 amide bonds. The van der Waals surface area contributed by atoms with Crippen LogP contribution in [0.2, 0.25) is 0 Å². The fourth-order valence-corrected chi connectivity index (χ4v) is 3.54. The number of nitrogens with zero attached hydrogens (tertiary/aromatic N) is 1. The smallest absolute Gasteiger partial charge is 0.324 e. The first kappa shape index (κ1) is 16.4. The Bertz CT molecular complexity index is 694. The Morgan fingerprint density at radius 1 is 1.27 bits per heavy atom. The lowest BCUT2D eigenvalue weighted by Crippen LogP contribution is -2.49. The molecule has 0 saturated carbocycles. The highest BCUT2D eigenvalue weighted by Crippen LogP contribution is 2.23. The fraction of sp³-hybridized carbons (Fsp3) is 0.429. The van der Waals surface area contributed by atoms with Gasteiger partial charge in [-0.3, -0.25) is 9.59 Å². The van der Waals surface area contributed by atoms with E-state index in [1.165, 1.54) is 26.0 Å². The number of benzene rings is 1. The van der Waals surface area contributed by atoms with Gasteiger partial charge >= 0.3 is 5.97 Å². The van der Waals surface area contributed by atoms with Crippen LogP contribution in [-0.2, 0) is 19.6 Å². The van der Waals surface area contributed by atoms with Crippen molar-refractivity contribution in [2.75, 3.05) is 11.4 Å². The van der Waals surface area contributed by atoms with E-state index >= 15 is 0 Å². The summed E-state index contributed by atoms with van der Waals surface area (Å²) in [5, 5.41) is 9.00. The molecule has 7 nitrogen and oxygen atoms in total. The molecule has 0 aromatic heterocycles. The van der Waals surface area contributed by atoms with Crippen molar-refractivity contribution in [2.45, 2.75) is 37.1 Å². The molecular formula is C14H18N2O5S.